The molecule has 0 aliphatic rings. The van der Waals surface area contributed by atoms with Crippen molar-refractivity contribution in [3.8, 4) is 21.7 Å². The Morgan fingerprint density at radius 1 is 0.806 bits per heavy atom. The Hall–Kier alpha value is -2.80. The Bertz CT molecular complexity index is 1260. The molecule has 6 heteroatoms. The highest BCUT2D eigenvalue weighted by Crippen LogP contribution is 2.30. The third-order valence-electron chi connectivity index (χ3n) is 5.02. The Balaban J connectivity index is 1.42. The molecule has 0 fully saturated rings. The summed E-state index contributed by atoms with van der Waals surface area (Å²) in [6, 6.07) is 25.2. The van der Waals surface area contributed by atoms with Gasteiger partial charge >= 0.3 is 0 Å². The van der Waals surface area contributed by atoms with E-state index < -0.39 is 10.1 Å². The Labute approximate surface area is 187 Å². The van der Waals surface area contributed by atoms with E-state index in [4.69, 9.17) is 9.17 Å². The van der Waals surface area contributed by atoms with E-state index >= 15 is 0 Å². The normalized spacial score (nSPS) is 11.5. The zero-order chi connectivity index (χ0) is 21.8. The summed E-state index contributed by atoms with van der Waals surface area (Å²) in [4.78, 5) is 5.97. The number of thiazole rings is 1. The third kappa shape index (κ3) is 5.10. The van der Waals surface area contributed by atoms with Gasteiger partial charge in [0.2, 0.25) is 0 Å². The minimum atomic E-state index is -3.76. The number of nitrogens with zero attached hydrogens (tertiary/aromatic N) is 1. The van der Waals surface area contributed by atoms with Crippen molar-refractivity contribution in [2.24, 2.45) is 0 Å². The number of rotatable bonds is 7. The standard InChI is InChI=1S/C25H23NO3S2/c1-18-8-14-23(15-9-18)31(27,28)29-17-16-24-19(2)30-25(26-24)22-12-10-21(11-13-22)20-6-4-3-5-7-20/h3-15H,16-17H2,1-2H3. The smallest absolute Gasteiger partial charge is 0.266 e. The van der Waals surface area contributed by atoms with Crippen LogP contribution in [0.1, 0.15) is 16.1 Å². The van der Waals surface area contributed by atoms with Gasteiger partial charge in [-0.3, -0.25) is 4.18 Å². The van der Waals surface area contributed by atoms with Crippen molar-refractivity contribution in [2.45, 2.75) is 25.2 Å². The SMILES string of the molecule is Cc1ccc(S(=O)(=O)OCCc2nc(-c3ccc(-c4ccccc4)cc3)sc2C)cc1. The molecule has 0 saturated carbocycles. The van der Waals surface area contributed by atoms with Crippen molar-refractivity contribution >= 4 is 21.5 Å². The van der Waals surface area contributed by atoms with Gasteiger partial charge in [0.15, 0.2) is 0 Å². The van der Waals surface area contributed by atoms with Crippen LogP contribution in [-0.4, -0.2) is 20.0 Å². The summed E-state index contributed by atoms with van der Waals surface area (Å²) in [7, 11) is -3.76. The highest BCUT2D eigenvalue weighted by molar-refractivity contribution is 7.86. The van der Waals surface area contributed by atoms with Crippen LogP contribution in [0.15, 0.2) is 83.8 Å². The van der Waals surface area contributed by atoms with Gasteiger partial charge in [-0.15, -0.1) is 11.3 Å². The average Bonchev–Trinajstić information content (AvgIpc) is 3.15. The summed E-state index contributed by atoms with van der Waals surface area (Å²) in [5.41, 5.74) is 5.25. The van der Waals surface area contributed by atoms with Gasteiger partial charge in [0.1, 0.15) is 5.01 Å². The lowest BCUT2D eigenvalue weighted by molar-refractivity contribution is 0.321. The number of hydrogen-bond donors (Lipinski definition) is 0. The molecular weight excluding hydrogens is 426 g/mol. The fourth-order valence-electron chi connectivity index (χ4n) is 3.24. The molecule has 0 atom stereocenters. The second kappa shape index (κ2) is 9.14. The molecule has 0 amide bonds. The van der Waals surface area contributed by atoms with E-state index in [-0.39, 0.29) is 11.5 Å². The van der Waals surface area contributed by atoms with E-state index in [0.717, 1.165) is 32.3 Å². The van der Waals surface area contributed by atoms with Crippen LogP contribution in [0, 0.1) is 13.8 Å². The number of benzene rings is 3. The lowest BCUT2D eigenvalue weighted by atomic mass is 10.0. The molecule has 1 aromatic heterocycles. The lowest BCUT2D eigenvalue weighted by Crippen LogP contribution is -2.09. The van der Waals surface area contributed by atoms with Crippen molar-refractivity contribution < 1.29 is 12.6 Å². The van der Waals surface area contributed by atoms with E-state index in [0.29, 0.717) is 6.42 Å². The van der Waals surface area contributed by atoms with Gasteiger partial charge in [-0.2, -0.15) is 8.42 Å². The summed E-state index contributed by atoms with van der Waals surface area (Å²) in [6.45, 7) is 3.98. The van der Waals surface area contributed by atoms with Gasteiger partial charge in [-0.05, 0) is 37.1 Å². The molecule has 158 valence electrons. The third-order valence-corrected chi connectivity index (χ3v) is 7.41. The molecule has 0 saturated heterocycles. The van der Waals surface area contributed by atoms with Gasteiger partial charge in [0.05, 0.1) is 17.2 Å². The summed E-state index contributed by atoms with van der Waals surface area (Å²) < 4.78 is 29.9. The van der Waals surface area contributed by atoms with Crippen molar-refractivity contribution in [3.05, 3.63) is 95.0 Å². The Morgan fingerprint density at radius 2 is 1.42 bits per heavy atom. The minimum Gasteiger partial charge on any atom is -0.266 e. The molecule has 3 aromatic carbocycles. The van der Waals surface area contributed by atoms with Crippen molar-refractivity contribution in [1.29, 1.82) is 0 Å². The highest BCUT2D eigenvalue weighted by Gasteiger charge is 2.16. The van der Waals surface area contributed by atoms with Crippen molar-refractivity contribution in [2.75, 3.05) is 6.61 Å². The zero-order valence-electron chi connectivity index (χ0n) is 17.4. The maximum Gasteiger partial charge on any atom is 0.296 e. The fourth-order valence-corrected chi connectivity index (χ4v) is 5.11. The maximum absolute atomic E-state index is 12.4. The fraction of sp³-hybridized carbons (Fsp3) is 0.160. The molecule has 4 rings (SSSR count). The Morgan fingerprint density at radius 3 is 2.10 bits per heavy atom. The van der Waals surface area contributed by atoms with Crippen LogP contribution in [0.4, 0.5) is 0 Å². The number of aryl methyl sites for hydroxylation is 2. The second-order valence-electron chi connectivity index (χ2n) is 7.30. The van der Waals surface area contributed by atoms with E-state index in [1.807, 2.05) is 32.0 Å². The highest BCUT2D eigenvalue weighted by atomic mass is 32.2. The summed E-state index contributed by atoms with van der Waals surface area (Å²) in [5.74, 6) is 0. The molecule has 31 heavy (non-hydrogen) atoms. The molecule has 1 heterocycles. The summed E-state index contributed by atoms with van der Waals surface area (Å²) >= 11 is 1.61. The first-order chi connectivity index (χ1) is 14.9. The van der Waals surface area contributed by atoms with Gasteiger partial charge in [-0.25, -0.2) is 4.98 Å². The quantitative estimate of drug-likeness (QED) is 0.323. The van der Waals surface area contributed by atoms with Crippen LogP contribution < -0.4 is 0 Å². The van der Waals surface area contributed by atoms with E-state index in [1.165, 1.54) is 5.56 Å². The molecule has 0 N–H and O–H groups in total. The van der Waals surface area contributed by atoms with Crippen molar-refractivity contribution in [1.82, 2.24) is 4.98 Å². The molecule has 0 aliphatic heterocycles. The first-order valence-corrected chi connectivity index (χ1v) is 12.2. The second-order valence-corrected chi connectivity index (χ2v) is 10.1. The van der Waals surface area contributed by atoms with Gasteiger partial charge in [-0.1, -0.05) is 72.3 Å². The van der Waals surface area contributed by atoms with Gasteiger partial charge in [0, 0.05) is 16.9 Å². The van der Waals surface area contributed by atoms with Crippen LogP contribution >= 0.6 is 11.3 Å². The van der Waals surface area contributed by atoms with Crippen LogP contribution in [0.25, 0.3) is 21.7 Å². The lowest BCUT2D eigenvalue weighted by Gasteiger charge is -2.05. The number of hydrogen-bond acceptors (Lipinski definition) is 5. The summed E-state index contributed by atoms with van der Waals surface area (Å²) in [6.07, 6.45) is 0.440. The van der Waals surface area contributed by atoms with Crippen LogP contribution in [0.2, 0.25) is 0 Å². The van der Waals surface area contributed by atoms with Crippen LogP contribution in [0.5, 0.6) is 0 Å². The molecule has 4 nitrogen and oxygen atoms in total. The monoisotopic (exact) mass is 449 g/mol. The van der Waals surface area contributed by atoms with Crippen LogP contribution in [0.3, 0.4) is 0 Å². The van der Waals surface area contributed by atoms with E-state index in [1.54, 1.807) is 35.6 Å². The molecule has 0 unspecified atom stereocenters. The predicted molar refractivity (Wildman–Crippen MR) is 126 cm³/mol. The van der Waals surface area contributed by atoms with Gasteiger partial charge < -0.3 is 0 Å². The predicted octanol–water partition coefficient (Wildman–Crippen LogP) is 6.04. The zero-order valence-corrected chi connectivity index (χ0v) is 19.0. The Kier molecular flexibility index (Phi) is 6.32. The first-order valence-electron chi connectivity index (χ1n) is 10.0. The molecule has 0 radical (unpaired) electrons. The minimum absolute atomic E-state index is 0.0627. The van der Waals surface area contributed by atoms with Crippen molar-refractivity contribution in [3.63, 3.8) is 0 Å². The topological polar surface area (TPSA) is 56.3 Å². The molecular formula is C25H23NO3S2. The number of aromatic nitrogens is 1. The molecule has 4 aromatic rings. The molecule has 0 spiro atoms. The largest absolute Gasteiger partial charge is 0.296 e. The van der Waals surface area contributed by atoms with E-state index in [9.17, 15) is 8.42 Å². The average molecular weight is 450 g/mol. The van der Waals surface area contributed by atoms with E-state index in [2.05, 4.69) is 36.4 Å². The maximum atomic E-state index is 12.4. The summed E-state index contributed by atoms with van der Waals surface area (Å²) in [5, 5.41) is 0.925. The molecule has 0 aliphatic carbocycles. The van der Waals surface area contributed by atoms with Crippen LogP contribution in [-0.2, 0) is 20.7 Å². The molecule has 0 bridgehead atoms. The first kappa shape index (κ1) is 21.4. The van der Waals surface area contributed by atoms with Gasteiger partial charge in [0.25, 0.3) is 10.1 Å².